The van der Waals surface area contributed by atoms with Gasteiger partial charge in [0.2, 0.25) is 10.0 Å². The average molecular weight is 739 g/mol. The summed E-state index contributed by atoms with van der Waals surface area (Å²) in [5.74, 6) is -0.873. The Morgan fingerprint density at radius 3 is 1.92 bits per heavy atom. The molecule has 8 nitrogen and oxygen atoms in total. The predicted molar refractivity (Wildman–Crippen MR) is 177 cm³/mol. The zero-order chi connectivity index (χ0) is 36.6. The van der Waals surface area contributed by atoms with Crippen molar-refractivity contribution in [1.29, 1.82) is 0 Å². The molecular weight excluding hydrogens is 698 g/mol. The third kappa shape index (κ3) is 8.53. The lowest BCUT2D eigenvalue weighted by Crippen LogP contribution is -2.59. The minimum atomic E-state index is -5.06. The van der Waals surface area contributed by atoms with Crippen molar-refractivity contribution in [3.63, 3.8) is 0 Å². The SMILES string of the molecule is O=C(c1cc(C(F)(F)F)cc(C(F)(F)F)c1)N1CCC(N2CCN(C3CCCN(S(=O)(=O)c4ccc(O)cc4)C3)CC2)CC1Cc1ccccc1. The summed E-state index contributed by atoms with van der Waals surface area (Å²) in [6.07, 6.45) is -7.17. The summed E-state index contributed by atoms with van der Waals surface area (Å²) in [5, 5.41) is 9.59. The standard InChI is InChI=1S/C36H40F6N4O4S/c37-35(38,39)27-20-26(21-28(22-27)36(40,41)42)34(48)46-14-12-29(23-31(46)19-25-5-2-1-3-6-25)43-15-17-44(18-16-43)30-7-4-13-45(24-30)51(49,50)33-10-8-32(47)9-11-33/h1-3,5-6,8-11,20-22,29-31,47H,4,7,12-19,23-24H2. The first-order valence-electron chi connectivity index (χ1n) is 17.0. The van der Waals surface area contributed by atoms with E-state index in [0.717, 1.165) is 12.0 Å². The van der Waals surface area contributed by atoms with Gasteiger partial charge in [0.15, 0.2) is 0 Å². The van der Waals surface area contributed by atoms with E-state index in [9.17, 15) is 44.7 Å². The van der Waals surface area contributed by atoms with Crippen LogP contribution in [0.4, 0.5) is 26.3 Å². The van der Waals surface area contributed by atoms with Crippen LogP contribution in [0.25, 0.3) is 0 Å². The molecule has 0 bridgehead atoms. The van der Waals surface area contributed by atoms with Crippen molar-refractivity contribution in [2.24, 2.45) is 0 Å². The number of benzene rings is 3. The van der Waals surface area contributed by atoms with Gasteiger partial charge in [-0.15, -0.1) is 0 Å². The smallest absolute Gasteiger partial charge is 0.416 e. The molecule has 276 valence electrons. The first kappa shape index (κ1) is 37.1. The number of sulfonamides is 1. The molecule has 0 aliphatic carbocycles. The van der Waals surface area contributed by atoms with Crippen LogP contribution in [-0.2, 0) is 28.8 Å². The first-order valence-corrected chi connectivity index (χ1v) is 18.5. The van der Waals surface area contributed by atoms with Crippen molar-refractivity contribution in [3.8, 4) is 5.75 Å². The van der Waals surface area contributed by atoms with Crippen molar-refractivity contribution in [3.05, 3.63) is 95.1 Å². The third-order valence-corrected chi connectivity index (χ3v) is 12.2. The molecule has 1 N–H and O–H groups in total. The number of hydrogen-bond acceptors (Lipinski definition) is 6. The number of halogens is 6. The molecule has 6 rings (SSSR count). The van der Waals surface area contributed by atoms with Crippen LogP contribution in [0.15, 0.2) is 77.7 Å². The zero-order valence-electron chi connectivity index (χ0n) is 27.8. The maximum absolute atomic E-state index is 13.8. The van der Waals surface area contributed by atoms with E-state index in [1.165, 1.54) is 33.5 Å². The fourth-order valence-corrected chi connectivity index (χ4v) is 9.14. The van der Waals surface area contributed by atoms with E-state index in [1.54, 1.807) is 0 Å². The van der Waals surface area contributed by atoms with Crippen molar-refractivity contribution in [2.45, 2.75) is 67.5 Å². The molecule has 0 spiro atoms. The number of piperidine rings is 2. The summed E-state index contributed by atoms with van der Waals surface area (Å²) in [6.45, 7) is 3.73. The number of phenolic OH excluding ortho intramolecular Hbond substituents is 1. The Labute approximate surface area is 293 Å². The highest BCUT2D eigenvalue weighted by Crippen LogP contribution is 2.37. The molecule has 3 aromatic carbocycles. The number of hydrogen-bond donors (Lipinski definition) is 1. The Bertz CT molecular complexity index is 1750. The molecule has 51 heavy (non-hydrogen) atoms. The maximum Gasteiger partial charge on any atom is 0.416 e. The number of aromatic hydroxyl groups is 1. The molecule has 3 saturated heterocycles. The fraction of sp³-hybridized carbons (Fsp3) is 0.472. The number of alkyl halides is 6. The number of carbonyl (C=O) groups excluding carboxylic acids is 1. The van der Waals surface area contributed by atoms with E-state index in [4.69, 9.17) is 0 Å². The molecular formula is C36H40F6N4O4S. The van der Waals surface area contributed by atoms with E-state index < -0.39 is 51.0 Å². The van der Waals surface area contributed by atoms with Crippen LogP contribution >= 0.6 is 0 Å². The number of phenols is 1. The van der Waals surface area contributed by atoms with Gasteiger partial charge >= 0.3 is 12.4 Å². The Hall–Kier alpha value is -3.66. The van der Waals surface area contributed by atoms with Crippen LogP contribution in [0.3, 0.4) is 0 Å². The topological polar surface area (TPSA) is 84.4 Å². The summed E-state index contributed by atoms with van der Waals surface area (Å²) in [4.78, 5) is 20.0. The number of amides is 1. The number of piperazine rings is 1. The number of rotatable bonds is 7. The van der Waals surface area contributed by atoms with E-state index >= 15 is 0 Å². The van der Waals surface area contributed by atoms with Gasteiger partial charge in [-0.1, -0.05) is 30.3 Å². The molecule has 3 atom stereocenters. The molecule has 0 radical (unpaired) electrons. The van der Waals surface area contributed by atoms with E-state index in [1.807, 2.05) is 30.3 Å². The first-order chi connectivity index (χ1) is 24.1. The number of nitrogens with zero attached hydrogens (tertiary/aromatic N) is 4. The zero-order valence-corrected chi connectivity index (χ0v) is 28.6. The molecule has 15 heteroatoms. The minimum Gasteiger partial charge on any atom is -0.508 e. The molecule has 3 aliphatic heterocycles. The van der Waals surface area contributed by atoms with Crippen molar-refractivity contribution in [1.82, 2.24) is 19.0 Å². The lowest BCUT2D eigenvalue weighted by molar-refractivity contribution is -0.143. The van der Waals surface area contributed by atoms with Gasteiger partial charge in [-0.25, -0.2) is 8.42 Å². The van der Waals surface area contributed by atoms with Crippen LogP contribution in [0, 0.1) is 0 Å². The quantitative estimate of drug-likeness (QED) is 0.295. The van der Waals surface area contributed by atoms with Gasteiger partial charge in [-0.05, 0) is 80.1 Å². The lowest BCUT2D eigenvalue weighted by Gasteiger charge is -2.48. The Kier molecular flexibility index (Phi) is 10.7. The summed E-state index contributed by atoms with van der Waals surface area (Å²) in [5.41, 5.74) is -2.79. The maximum atomic E-state index is 13.8. The molecule has 3 aromatic rings. The van der Waals surface area contributed by atoms with Crippen molar-refractivity contribution in [2.75, 3.05) is 45.8 Å². The van der Waals surface area contributed by atoms with Crippen LogP contribution in [-0.4, -0.2) is 102 Å². The predicted octanol–water partition coefficient (Wildman–Crippen LogP) is 6.12. The highest BCUT2D eigenvalue weighted by Gasteiger charge is 2.41. The molecule has 3 fully saturated rings. The van der Waals surface area contributed by atoms with Gasteiger partial charge in [0.05, 0.1) is 16.0 Å². The molecule has 3 unspecified atom stereocenters. The molecule has 0 aromatic heterocycles. The second-order valence-electron chi connectivity index (χ2n) is 13.5. The average Bonchev–Trinajstić information content (AvgIpc) is 3.11. The number of carbonyl (C=O) groups is 1. The largest absolute Gasteiger partial charge is 0.508 e. The van der Waals surface area contributed by atoms with Gasteiger partial charge < -0.3 is 10.0 Å². The molecule has 1 amide bonds. The molecule has 3 heterocycles. The summed E-state index contributed by atoms with van der Waals surface area (Å²) in [7, 11) is -3.72. The minimum absolute atomic E-state index is 0.0118. The summed E-state index contributed by atoms with van der Waals surface area (Å²) in [6, 6.07) is 15.4. The lowest BCUT2D eigenvalue weighted by atomic mass is 9.90. The van der Waals surface area contributed by atoms with Gasteiger partial charge in [0.25, 0.3) is 5.91 Å². The fourth-order valence-electron chi connectivity index (χ4n) is 7.62. The molecule has 0 saturated carbocycles. The van der Waals surface area contributed by atoms with Crippen molar-refractivity contribution >= 4 is 15.9 Å². The van der Waals surface area contributed by atoms with Gasteiger partial charge in [-0.3, -0.25) is 14.6 Å². The highest BCUT2D eigenvalue weighted by molar-refractivity contribution is 7.89. The van der Waals surface area contributed by atoms with Gasteiger partial charge in [-0.2, -0.15) is 30.6 Å². The van der Waals surface area contributed by atoms with Crippen LogP contribution < -0.4 is 0 Å². The highest BCUT2D eigenvalue weighted by atomic mass is 32.2. The Morgan fingerprint density at radius 1 is 0.745 bits per heavy atom. The van der Waals surface area contributed by atoms with Crippen LogP contribution in [0.2, 0.25) is 0 Å². The van der Waals surface area contributed by atoms with E-state index in [-0.39, 0.29) is 35.3 Å². The summed E-state index contributed by atoms with van der Waals surface area (Å²) >= 11 is 0. The van der Waals surface area contributed by atoms with E-state index in [0.29, 0.717) is 77.1 Å². The van der Waals surface area contributed by atoms with E-state index in [2.05, 4.69) is 9.80 Å². The normalized spacial score (nSPS) is 23.3. The van der Waals surface area contributed by atoms with Gasteiger partial charge in [0, 0.05) is 69.5 Å². The number of likely N-dealkylation sites (tertiary alicyclic amines) is 1. The monoisotopic (exact) mass is 738 g/mol. The Morgan fingerprint density at radius 2 is 1.33 bits per heavy atom. The Balaban J connectivity index is 1.14. The van der Waals surface area contributed by atoms with Crippen molar-refractivity contribution < 1.29 is 44.7 Å². The second kappa shape index (κ2) is 14.8. The van der Waals surface area contributed by atoms with Crippen LogP contribution in [0.5, 0.6) is 5.75 Å². The molecule has 3 aliphatic rings. The van der Waals surface area contributed by atoms with Crippen LogP contribution in [0.1, 0.15) is 52.7 Å². The third-order valence-electron chi connectivity index (χ3n) is 10.3. The second-order valence-corrected chi connectivity index (χ2v) is 15.5. The summed E-state index contributed by atoms with van der Waals surface area (Å²) < 4.78 is 110. The van der Waals surface area contributed by atoms with Gasteiger partial charge in [0.1, 0.15) is 5.75 Å².